The number of carbonyl (C=O) groups excluding carboxylic acids is 2. The van der Waals surface area contributed by atoms with Gasteiger partial charge in [-0.05, 0) is 61.1 Å². The minimum atomic E-state index is -1.17. The van der Waals surface area contributed by atoms with Crippen LogP contribution in [0.5, 0.6) is 0 Å². The van der Waals surface area contributed by atoms with Crippen molar-refractivity contribution in [3.8, 4) is 0 Å². The van der Waals surface area contributed by atoms with Crippen LogP contribution in [0.1, 0.15) is 41.1 Å². The topological polar surface area (TPSA) is 86.3 Å². The Balaban J connectivity index is 1.56. The van der Waals surface area contributed by atoms with E-state index in [4.69, 9.17) is 0 Å². The molecule has 2 heterocycles. The molecule has 2 N–H and O–H groups in total. The van der Waals surface area contributed by atoms with Crippen molar-refractivity contribution in [3.63, 3.8) is 0 Å². The summed E-state index contributed by atoms with van der Waals surface area (Å²) in [5, 5.41) is 11.4. The van der Waals surface area contributed by atoms with Gasteiger partial charge in [-0.25, -0.2) is 9.37 Å². The van der Waals surface area contributed by atoms with Crippen molar-refractivity contribution in [2.24, 2.45) is 0 Å². The van der Waals surface area contributed by atoms with Crippen LogP contribution in [0.4, 0.5) is 10.3 Å². The van der Waals surface area contributed by atoms with E-state index in [1.54, 1.807) is 24.3 Å². The van der Waals surface area contributed by atoms with Crippen molar-refractivity contribution in [2.75, 3.05) is 4.90 Å². The average molecular weight is 468 g/mol. The molecule has 0 spiro atoms. The van der Waals surface area contributed by atoms with Gasteiger partial charge in [-0.1, -0.05) is 42.5 Å². The second kappa shape index (κ2) is 8.20. The van der Waals surface area contributed by atoms with Crippen molar-refractivity contribution < 1.29 is 19.1 Å². The highest BCUT2D eigenvalue weighted by Crippen LogP contribution is 2.42. The van der Waals surface area contributed by atoms with Gasteiger partial charge in [0.25, 0.3) is 5.78 Å². The van der Waals surface area contributed by atoms with E-state index in [1.165, 1.54) is 23.8 Å². The Morgan fingerprint density at radius 3 is 2.51 bits per heavy atom. The Morgan fingerprint density at radius 1 is 0.971 bits per heavy atom. The molecule has 0 radical (unpaired) electrons. The van der Waals surface area contributed by atoms with Gasteiger partial charge < -0.3 is 10.1 Å². The number of aromatic amines is 1. The van der Waals surface area contributed by atoms with Gasteiger partial charge in [0.15, 0.2) is 0 Å². The van der Waals surface area contributed by atoms with Crippen LogP contribution < -0.4 is 4.90 Å². The third-order valence-corrected chi connectivity index (χ3v) is 6.87. The average Bonchev–Trinajstić information content (AvgIpc) is 3.42. The standard InChI is InChI=1S/C28H22FN3O3/c29-20-10-4-3-9-19(20)24-23(25(33)18-14-13-16-7-1-2-8-17(16)15-18)26(34)27(35)32(24)28-30-21-11-5-6-12-22(21)31-28/h3-6,9-15,24,33H,1-2,7-8H2,(H,30,31)/b25-23+. The van der Waals surface area contributed by atoms with Crippen molar-refractivity contribution in [1.29, 1.82) is 0 Å². The molecule has 1 saturated heterocycles. The van der Waals surface area contributed by atoms with Gasteiger partial charge >= 0.3 is 5.91 Å². The molecule has 6 nitrogen and oxygen atoms in total. The second-order valence-corrected chi connectivity index (χ2v) is 8.96. The minimum Gasteiger partial charge on any atom is -0.507 e. The number of carbonyl (C=O) groups is 2. The number of aryl methyl sites for hydroxylation is 2. The third kappa shape index (κ3) is 3.43. The first-order valence-electron chi connectivity index (χ1n) is 11.7. The molecule has 1 aliphatic heterocycles. The van der Waals surface area contributed by atoms with E-state index in [9.17, 15) is 14.7 Å². The number of imidazole rings is 1. The Labute approximate surface area is 200 Å². The molecule has 1 unspecified atom stereocenters. The lowest BCUT2D eigenvalue weighted by molar-refractivity contribution is -0.132. The van der Waals surface area contributed by atoms with Crippen molar-refractivity contribution in [2.45, 2.75) is 31.7 Å². The number of nitrogens with zero attached hydrogens (tertiary/aromatic N) is 2. The Bertz CT molecular complexity index is 1500. The lowest BCUT2D eigenvalue weighted by atomic mass is 9.88. The maximum Gasteiger partial charge on any atom is 0.302 e. The number of fused-ring (bicyclic) bond motifs is 2. The van der Waals surface area contributed by atoms with Crippen LogP contribution >= 0.6 is 0 Å². The number of anilines is 1. The lowest BCUT2D eigenvalue weighted by Gasteiger charge is -2.23. The molecule has 1 aliphatic carbocycles. The number of para-hydroxylation sites is 2. The summed E-state index contributed by atoms with van der Waals surface area (Å²) in [4.78, 5) is 35.3. The van der Waals surface area contributed by atoms with Crippen LogP contribution in [-0.4, -0.2) is 26.8 Å². The summed E-state index contributed by atoms with van der Waals surface area (Å²) in [6.07, 6.45) is 4.04. The van der Waals surface area contributed by atoms with E-state index < -0.39 is 23.5 Å². The molecule has 3 aromatic carbocycles. The highest BCUT2D eigenvalue weighted by Gasteiger charge is 2.49. The molecule has 35 heavy (non-hydrogen) atoms. The molecule has 174 valence electrons. The fourth-order valence-corrected chi connectivity index (χ4v) is 5.13. The number of aromatic nitrogens is 2. The summed E-state index contributed by atoms with van der Waals surface area (Å²) in [6, 6.07) is 17.6. The number of aliphatic hydroxyl groups excluding tert-OH is 1. The molecule has 4 aromatic rings. The molecule has 0 bridgehead atoms. The summed E-state index contributed by atoms with van der Waals surface area (Å²) in [7, 11) is 0. The van der Waals surface area contributed by atoms with Crippen LogP contribution in [0.3, 0.4) is 0 Å². The summed E-state index contributed by atoms with van der Waals surface area (Å²) in [6.45, 7) is 0. The molecule has 6 rings (SSSR count). The molecule has 7 heteroatoms. The molecule has 1 amide bonds. The number of aliphatic hydroxyl groups is 1. The first-order valence-corrected chi connectivity index (χ1v) is 11.7. The fraction of sp³-hybridized carbons (Fsp3) is 0.179. The number of H-pyrrole nitrogens is 1. The van der Waals surface area contributed by atoms with Crippen LogP contribution in [0, 0.1) is 5.82 Å². The first-order chi connectivity index (χ1) is 17.0. The molecular weight excluding hydrogens is 445 g/mol. The highest BCUT2D eigenvalue weighted by molar-refractivity contribution is 6.51. The lowest BCUT2D eigenvalue weighted by Crippen LogP contribution is -2.30. The van der Waals surface area contributed by atoms with E-state index in [0.717, 1.165) is 36.1 Å². The van der Waals surface area contributed by atoms with Gasteiger partial charge in [0, 0.05) is 11.1 Å². The number of Topliss-reactive ketones (excluding diaryl/α,β-unsaturated/α-hetero) is 1. The normalized spacial score (nSPS) is 19.3. The maximum absolute atomic E-state index is 15.1. The van der Waals surface area contributed by atoms with Gasteiger partial charge in [0.1, 0.15) is 17.6 Å². The monoisotopic (exact) mass is 467 g/mol. The van der Waals surface area contributed by atoms with Crippen LogP contribution in [0.25, 0.3) is 16.8 Å². The third-order valence-electron chi connectivity index (χ3n) is 6.87. The van der Waals surface area contributed by atoms with E-state index >= 15 is 4.39 Å². The number of nitrogens with one attached hydrogen (secondary N) is 1. The number of rotatable bonds is 3. The van der Waals surface area contributed by atoms with Crippen LogP contribution in [0.15, 0.2) is 72.3 Å². The predicted molar refractivity (Wildman–Crippen MR) is 130 cm³/mol. The number of hydrogen-bond acceptors (Lipinski definition) is 4. The summed E-state index contributed by atoms with van der Waals surface area (Å²) in [5.74, 6) is -2.54. The van der Waals surface area contributed by atoms with Gasteiger partial charge in [0.2, 0.25) is 5.95 Å². The zero-order valence-corrected chi connectivity index (χ0v) is 18.8. The van der Waals surface area contributed by atoms with E-state index in [-0.39, 0.29) is 22.8 Å². The minimum absolute atomic E-state index is 0.103. The molecule has 1 aromatic heterocycles. The molecule has 1 fully saturated rings. The summed E-state index contributed by atoms with van der Waals surface area (Å²) < 4.78 is 15.1. The van der Waals surface area contributed by atoms with E-state index in [1.807, 2.05) is 24.3 Å². The SMILES string of the molecule is O=C1C(=O)N(c2nc3ccccc3[nH]2)C(c2ccccc2F)/C1=C(\O)c1ccc2c(c1)CCCC2. The quantitative estimate of drug-likeness (QED) is 0.246. The largest absolute Gasteiger partial charge is 0.507 e. The van der Waals surface area contributed by atoms with Gasteiger partial charge in [-0.2, -0.15) is 0 Å². The van der Waals surface area contributed by atoms with E-state index in [0.29, 0.717) is 16.6 Å². The van der Waals surface area contributed by atoms with E-state index in [2.05, 4.69) is 9.97 Å². The van der Waals surface area contributed by atoms with Crippen molar-refractivity contribution >= 4 is 34.4 Å². The van der Waals surface area contributed by atoms with Gasteiger partial charge in [0.05, 0.1) is 16.6 Å². The van der Waals surface area contributed by atoms with Crippen LogP contribution in [0.2, 0.25) is 0 Å². The Hall–Kier alpha value is -4.26. The molecule has 0 saturated carbocycles. The molecular formula is C28H22FN3O3. The summed E-state index contributed by atoms with van der Waals surface area (Å²) in [5.41, 5.74) is 4.01. The van der Waals surface area contributed by atoms with Crippen LogP contribution in [-0.2, 0) is 22.4 Å². The Morgan fingerprint density at radius 2 is 1.71 bits per heavy atom. The van der Waals surface area contributed by atoms with Crippen molar-refractivity contribution in [1.82, 2.24) is 9.97 Å². The fourth-order valence-electron chi connectivity index (χ4n) is 5.13. The number of benzene rings is 3. The number of halogens is 1. The zero-order chi connectivity index (χ0) is 24.1. The number of ketones is 1. The number of amides is 1. The highest BCUT2D eigenvalue weighted by atomic mass is 19.1. The maximum atomic E-state index is 15.1. The second-order valence-electron chi connectivity index (χ2n) is 8.96. The smallest absolute Gasteiger partial charge is 0.302 e. The first kappa shape index (κ1) is 21.3. The summed E-state index contributed by atoms with van der Waals surface area (Å²) >= 11 is 0. The molecule has 1 atom stereocenters. The number of hydrogen-bond donors (Lipinski definition) is 2. The molecule has 2 aliphatic rings. The Kier molecular flexibility index (Phi) is 4.99. The van der Waals surface area contributed by atoms with Gasteiger partial charge in [-0.15, -0.1) is 0 Å². The van der Waals surface area contributed by atoms with Gasteiger partial charge in [-0.3, -0.25) is 14.5 Å². The van der Waals surface area contributed by atoms with Crippen molar-refractivity contribution in [3.05, 3.63) is 100 Å². The zero-order valence-electron chi connectivity index (χ0n) is 18.8. The predicted octanol–water partition coefficient (Wildman–Crippen LogP) is 5.21.